The first-order valence-electron chi connectivity index (χ1n) is 9.61. The van der Waals surface area contributed by atoms with Crippen LogP contribution in [0.15, 0.2) is 12.3 Å². The maximum absolute atomic E-state index is 10.1. The number of aliphatic hydroxyl groups is 2. The van der Waals surface area contributed by atoms with Gasteiger partial charge >= 0.3 is 0 Å². The molecule has 1 aromatic heterocycles. The van der Waals surface area contributed by atoms with E-state index in [0.29, 0.717) is 17.3 Å². The molecule has 0 amide bonds. The zero-order chi connectivity index (χ0) is 17.6. The second-order valence-electron chi connectivity index (χ2n) is 8.95. The average molecular weight is 346 g/mol. The van der Waals surface area contributed by atoms with Gasteiger partial charge in [0.1, 0.15) is 5.82 Å². The maximum atomic E-state index is 10.1. The molecule has 4 rings (SSSR count). The van der Waals surface area contributed by atoms with Gasteiger partial charge in [-0.15, -0.1) is 0 Å². The van der Waals surface area contributed by atoms with Gasteiger partial charge in [-0.05, 0) is 54.9 Å². The molecule has 2 heterocycles. The van der Waals surface area contributed by atoms with E-state index in [1.165, 1.54) is 12.8 Å². The third-order valence-electron chi connectivity index (χ3n) is 6.45. The van der Waals surface area contributed by atoms with E-state index in [-0.39, 0.29) is 11.8 Å². The van der Waals surface area contributed by atoms with E-state index in [4.69, 9.17) is 4.98 Å². The average Bonchev–Trinajstić information content (AvgIpc) is 3.12. The maximum Gasteiger partial charge on any atom is 0.224 e. The first-order valence-corrected chi connectivity index (χ1v) is 9.61. The summed E-state index contributed by atoms with van der Waals surface area (Å²) < 4.78 is 0. The van der Waals surface area contributed by atoms with Crippen molar-refractivity contribution >= 4 is 11.8 Å². The summed E-state index contributed by atoms with van der Waals surface area (Å²) in [6.45, 7) is 7.47. The Labute approximate surface area is 149 Å². The van der Waals surface area contributed by atoms with Crippen molar-refractivity contribution in [1.82, 2.24) is 9.97 Å². The van der Waals surface area contributed by atoms with E-state index >= 15 is 0 Å². The Morgan fingerprint density at radius 1 is 1.28 bits per heavy atom. The van der Waals surface area contributed by atoms with Crippen LogP contribution in [0.25, 0.3) is 0 Å². The molecule has 2 saturated carbocycles. The molecule has 3 N–H and O–H groups in total. The van der Waals surface area contributed by atoms with Crippen molar-refractivity contribution in [3.8, 4) is 0 Å². The van der Waals surface area contributed by atoms with Crippen LogP contribution in [-0.4, -0.2) is 52.0 Å². The zero-order valence-electron chi connectivity index (χ0n) is 15.2. The second-order valence-corrected chi connectivity index (χ2v) is 8.95. The molecule has 2 aliphatic carbocycles. The van der Waals surface area contributed by atoms with Crippen molar-refractivity contribution < 1.29 is 10.2 Å². The zero-order valence-corrected chi connectivity index (χ0v) is 15.2. The van der Waals surface area contributed by atoms with Crippen molar-refractivity contribution in [2.24, 2.45) is 23.2 Å². The molecule has 25 heavy (non-hydrogen) atoms. The smallest absolute Gasteiger partial charge is 0.224 e. The molecule has 2 bridgehead atoms. The number of nitrogens with one attached hydrogen (secondary N) is 1. The number of aromatic nitrogens is 2. The van der Waals surface area contributed by atoms with Gasteiger partial charge in [0, 0.05) is 25.8 Å². The predicted molar refractivity (Wildman–Crippen MR) is 97.5 cm³/mol. The Morgan fingerprint density at radius 2 is 2.12 bits per heavy atom. The fraction of sp³-hybridized carbons (Fsp3) is 0.789. The minimum atomic E-state index is -0.562. The Balaban J connectivity index is 1.38. The van der Waals surface area contributed by atoms with Crippen LogP contribution in [0.4, 0.5) is 11.8 Å². The summed E-state index contributed by atoms with van der Waals surface area (Å²) in [4.78, 5) is 11.4. The van der Waals surface area contributed by atoms with Crippen LogP contribution >= 0.6 is 0 Å². The van der Waals surface area contributed by atoms with Gasteiger partial charge in [-0.25, -0.2) is 4.98 Å². The minimum absolute atomic E-state index is 0.207. The Morgan fingerprint density at radius 3 is 2.84 bits per heavy atom. The van der Waals surface area contributed by atoms with Crippen molar-refractivity contribution in [2.75, 3.05) is 29.9 Å². The SMILES string of the molecule is CC1(C)CCCN(c2ccnc(NC[C@@H]3C[C@H]4C[C@@H]3[C@H](O)[C@@H]4O)n2)C1. The van der Waals surface area contributed by atoms with E-state index in [1.807, 2.05) is 12.3 Å². The fourth-order valence-corrected chi connectivity index (χ4v) is 5.12. The van der Waals surface area contributed by atoms with E-state index in [0.717, 1.165) is 38.3 Å². The lowest BCUT2D eigenvalue weighted by Crippen LogP contribution is -2.40. The highest BCUT2D eigenvalue weighted by Crippen LogP contribution is 2.48. The van der Waals surface area contributed by atoms with Crippen molar-refractivity contribution in [2.45, 2.75) is 51.7 Å². The Hall–Kier alpha value is -1.40. The lowest BCUT2D eigenvalue weighted by Gasteiger charge is -2.38. The van der Waals surface area contributed by atoms with E-state index in [9.17, 15) is 10.2 Å². The summed E-state index contributed by atoms with van der Waals surface area (Å²) in [5, 5.41) is 23.4. The van der Waals surface area contributed by atoms with Crippen LogP contribution in [0.3, 0.4) is 0 Å². The second kappa shape index (κ2) is 6.40. The number of anilines is 2. The molecule has 1 saturated heterocycles. The van der Waals surface area contributed by atoms with Gasteiger partial charge < -0.3 is 20.4 Å². The quantitative estimate of drug-likeness (QED) is 0.772. The van der Waals surface area contributed by atoms with Gasteiger partial charge in [0.05, 0.1) is 12.2 Å². The Bertz CT molecular complexity index is 621. The summed E-state index contributed by atoms with van der Waals surface area (Å²) >= 11 is 0. The van der Waals surface area contributed by atoms with Gasteiger partial charge in [0.15, 0.2) is 0 Å². The predicted octanol–water partition coefficient (Wildman–Crippen LogP) is 1.89. The molecule has 6 nitrogen and oxygen atoms in total. The van der Waals surface area contributed by atoms with Crippen LogP contribution < -0.4 is 10.2 Å². The van der Waals surface area contributed by atoms with Crippen molar-refractivity contribution in [3.63, 3.8) is 0 Å². The highest BCUT2D eigenvalue weighted by atomic mass is 16.3. The van der Waals surface area contributed by atoms with Gasteiger partial charge in [0.2, 0.25) is 5.95 Å². The first-order chi connectivity index (χ1) is 11.9. The van der Waals surface area contributed by atoms with Gasteiger partial charge in [0.25, 0.3) is 0 Å². The number of nitrogens with zero attached hydrogens (tertiary/aromatic N) is 3. The number of hydrogen-bond acceptors (Lipinski definition) is 6. The summed E-state index contributed by atoms with van der Waals surface area (Å²) in [7, 11) is 0. The monoisotopic (exact) mass is 346 g/mol. The van der Waals surface area contributed by atoms with Crippen LogP contribution in [0.5, 0.6) is 0 Å². The summed E-state index contributed by atoms with van der Waals surface area (Å²) in [6, 6.07) is 1.99. The van der Waals surface area contributed by atoms with E-state index in [2.05, 4.69) is 29.0 Å². The van der Waals surface area contributed by atoms with Crippen LogP contribution in [0.1, 0.15) is 39.5 Å². The number of hydrogen-bond donors (Lipinski definition) is 3. The third-order valence-corrected chi connectivity index (χ3v) is 6.45. The molecular weight excluding hydrogens is 316 g/mol. The van der Waals surface area contributed by atoms with Gasteiger partial charge in [-0.1, -0.05) is 13.8 Å². The molecule has 138 valence electrons. The van der Waals surface area contributed by atoms with Gasteiger partial charge in [-0.3, -0.25) is 0 Å². The summed E-state index contributed by atoms with van der Waals surface area (Å²) in [6.07, 6.45) is 5.13. The van der Waals surface area contributed by atoms with Crippen LogP contribution in [-0.2, 0) is 0 Å². The summed E-state index contributed by atoms with van der Waals surface area (Å²) in [5.74, 6) is 2.52. The first kappa shape index (κ1) is 17.0. The standard InChI is InChI=1S/C19H30N4O2/c1-19(2)5-3-7-23(11-19)15-4-6-20-18(22-15)21-10-13-8-12-9-14(13)17(25)16(12)24/h4,6,12-14,16-17,24-25H,3,5,7-11H2,1-2H3,(H,20,21,22)/t12-,13-,14-,16+,17-/m0/s1. The van der Waals surface area contributed by atoms with Crippen molar-refractivity contribution in [1.29, 1.82) is 0 Å². The molecule has 0 spiro atoms. The fourth-order valence-electron chi connectivity index (χ4n) is 5.12. The largest absolute Gasteiger partial charge is 0.390 e. The molecule has 0 aromatic carbocycles. The van der Waals surface area contributed by atoms with E-state index in [1.54, 1.807) is 0 Å². The minimum Gasteiger partial charge on any atom is -0.390 e. The molecule has 5 atom stereocenters. The number of fused-ring (bicyclic) bond motifs is 2. The molecule has 1 aliphatic heterocycles. The molecule has 1 aromatic rings. The van der Waals surface area contributed by atoms with Crippen LogP contribution in [0.2, 0.25) is 0 Å². The lowest BCUT2D eigenvalue weighted by atomic mass is 9.84. The van der Waals surface area contributed by atoms with Gasteiger partial charge in [-0.2, -0.15) is 4.98 Å². The molecule has 3 aliphatic rings. The number of aliphatic hydroxyl groups excluding tert-OH is 2. The summed E-state index contributed by atoms with van der Waals surface area (Å²) in [5.41, 5.74) is 0.330. The highest BCUT2D eigenvalue weighted by molar-refractivity contribution is 5.43. The normalized spacial score (nSPS) is 36.6. The van der Waals surface area contributed by atoms with Crippen molar-refractivity contribution in [3.05, 3.63) is 12.3 Å². The number of rotatable bonds is 4. The number of piperidine rings is 1. The molecule has 0 unspecified atom stereocenters. The Kier molecular flexibility index (Phi) is 4.36. The molecule has 0 radical (unpaired) electrons. The lowest BCUT2D eigenvalue weighted by molar-refractivity contribution is -0.0317. The highest BCUT2D eigenvalue weighted by Gasteiger charge is 2.51. The molecule has 3 fully saturated rings. The topological polar surface area (TPSA) is 81.5 Å². The molecule has 6 heteroatoms. The van der Waals surface area contributed by atoms with Crippen LogP contribution in [0, 0.1) is 23.2 Å². The molecular formula is C19H30N4O2. The third kappa shape index (κ3) is 3.34. The van der Waals surface area contributed by atoms with E-state index < -0.39 is 12.2 Å².